The van der Waals surface area contributed by atoms with Gasteiger partial charge in [-0.2, -0.15) is 19.3 Å². The fourth-order valence-corrected chi connectivity index (χ4v) is 1.91. The number of thioether (sulfide) groups is 1. The molecule has 0 aliphatic carbocycles. The molecule has 7 heteroatoms. The Labute approximate surface area is 89.5 Å². The summed E-state index contributed by atoms with van der Waals surface area (Å²) in [6.07, 6.45) is 0. The molecule has 0 saturated heterocycles. The van der Waals surface area contributed by atoms with Crippen molar-refractivity contribution in [2.75, 3.05) is 5.75 Å². The molecule has 0 aliphatic heterocycles. The summed E-state index contributed by atoms with van der Waals surface area (Å²) < 4.78 is 7.78. The van der Waals surface area contributed by atoms with Crippen molar-refractivity contribution in [3.8, 4) is 12.1 Å². The molecule has 0 aromatic carbocycles. The highest BCUT2D eigenvalue weighted by Crippen LogP contribution is 2.23. The minimum absolute atomic E-state index is 0.534. The molecule has 0 saturated carbocycles. The number of aromatic nitrogens is 2. The van der Waals surface area contributed by atoms with Crippen molar-refractivity contribution in [3.05, 3.63) is 5.15 Å². The van der Waals surface area contributed by atoms with Crippen molar-refractivity contribution in [2.45, 2.75) is 11.9 Å². The maximum absolute atomic E-state index is 7.26. The quantitative estimate of drug-likeness (QED) is 0.732. The first kappa shape index (κ1) is 12.2. The van der Waals surface area contributed by atoms with Crippen molar-refractivity contribution < 1.29 is 0 Å². The Morgan fingerprint density at radius 1 is 1.46 bits per heavy atom. The summed E-state index contributed by atoms with van der Waals surface area (Å²) in [6, 6.07) is 2.47. The van der Waals surface area contributed by atoms with Gasteiger partial charge in [-0.1, -0.05) is 18.5 Å². The van der Waals surface area contributed by atoms with Crippen LogP contribution < -0.4 is 0 Å². The summed E-state index contributed by atoms with van der Waals surface area (Å²) in [5, 5.41) is 15.9. The van der Waals surface area contributed by atoms with Gasteiger partial charge >= 0.3 is 0 Å². The molecule has 4 nitrogen and oxygen atoms in total. The molecule has 0 amide bonds. The van der Waals surface area contributed by atoms with Crippen LogP contribution in [0.4, 0.5) is 0 Å². The molecular weight excluding hydrogens is 228 g/mol. The first-order chi connectivity index (χ1) is 6.26. The second-order valence-electron chi connectivity index (χ2n) is 1.52. The van der Waals surface area contributed by atoms with Crippen molar-refractivity contribution in [1.82, 2.24) is 8.75 Å². The minimum atomic E-state index is 0.534. The Morgan fingerprint density at radius 2 is 2.08 bits per heavy atom. The number of nitrogens with zero attached hydrogens (tertiary/aromatic N) is 4. The van der Waals surface area contributed by atoms with E-state index in [0.29, 0.717) is 5.15 Å². The summed E-state index contributed by atoms with van der Waals surface area (Å²) in [7, 11) is 0. The average molecular weight is 233 g/mol. The molecule has 0 bridgehead atoms. The Bertz CT molecular complexity index is 312. The summed E-state index contributed by atoms with van der Waals surface area (Å²) in [5.74, 6) is 0.991. The molecule has 0 fully saturated rings. The summed E-state index contributed by atoms with van der Waals surface area (Å²) >= 11 is 8.40. The van der Waals surface area contributed by atoms with Gasteiger partial charge in [-0.05, 0) is 5.75 Å². The fourth-order valence-electron chi connectivity index (χ4n) is 0.393. The van der Waals surface area contributed by atoms with Crippen LogP contribution in [0.25, 0.3) is 0 Å². The van der Waals surface area contributed by atoms with E-state index >= 15 is 0 Å². The maximum Gasteiger partial charge on any atom is 0.181 e. The molecule has 0 unspecified atom stereocenters. The van der Waals surface area contributed by atoms with E-state index in [2.05, 4.69) is 15.7 Å². The fraction of sp³-hybridized carbons (Fsp3) is 0.333. The van der Waals surface area contributed by atoms with E-state index < -0.39 is 0 Å². The van der Waals surface area contributed by atoms with Crippen molar-refractivity contribution in [1.29, 1.82) is 10.5 Å². The molecule has 1 aromatic rings. The Kier molecular flexibility index (Phi) is 7.32. The van der Waals surface area contributed by atoms with Crippen LogP contribution in [0.2, 0.25) is 5.15 Å². The van der Waals surface area contributed by atoms with E-state index in [1.54, 1.807) is 11.8 Å². The monoisotopic (exact) mass is 232 g/mol. The minimum Gasteiger partial charge on any atom is -0.181 e. The molecule has 0 aliphatic rings. The highest BCUT2D eigenvalue weighted by Gasteiger charge is 2.02. The van der Waals surface area contributed by atoms with Crippen LogP contribution in [0.5, 0.6) is 0 Å². The number of halogens is 1. The van der Waals surface area contributed by atoms with Gasteiger partial charge < -0.3 is 0 Å². The highest BCUT2D eigenvalue weighted by molar-refractivity contribution is 7.99. The van der Waals surface area contributed by atoms with E-state index in [1.807, 2.05) is 0 Å². The van der Waals surface area contributed by atoms with Gasteiger partial charge in [0.05, 0.1) is 11.7 Å². The molecule has 0 radical (unpaired) electrons. The standard InChI is InChI=1S/C4H5ClN2S2.C2N2/c1-2-8-4-3(5)6-9-7-4;3-1-2-4/h2H2,1H3;. The zero-order valence-corrected chi connectivity index (χ0v) is 9.08. The van der Waals surface area contributed by atoms with E-state index in [0.717, 1.165) is 22.5 Å². The molecule has 0 spiro atoms. The summed E-state index contributed by atoms with van der Waals surface area (Å²) in [4.78, 5) is 0. The predicted octanol–water partition coefficient (Wildman–Crippen LogP) is 2.34. The lowest BCUT2D eigenvalue weighted by Crippen LogP contribution is -1.70. The second kappa shape index (κ2) is 7.81. The van der Waals surface area contributed by atoms with Crippen LogP contribution in [-0.4, -0.2) is 14.5 Å². The summed E-state index contributed by atoms with van der Waals surface area (Å²) in [6.45, 7) is 2.06. The maximum atomic E-state index is 7.26. The SMILES string of the molecule is CCSc1nsnc1Cl.N#CC#N. The molecule has 1 aromatic heterocycles. The van der Waals surface area contributed by atoms with Gasteiger partial charge in [0.1, 0.15) is 5.03 Å². The molecule has 0 N–H and O–H groups in total. The topological polar surface area (TPSA) is 73.4 Å². The largest absolute Gasteiger partial charge is 0.181 e. The average Bonchev–Trinajstić information content (AvgIpc) is 2.53. The normalized spacial score (nSPS) is 7.69. The van der Waals surface area contributed by atoms with Crippen LogP contribution in [0.1, 0.15) is 6.92 Å². The molecule has 1 rings (SSSR count). The Morgan fingerprint density at radius 3 is 2.38 bits per heavy atom. The molecule has 68 valence electrons. The van der Waals surface area contributed by atoms with E-state index in [1.165, 1.54) is 12.1 Å². The molecular formula is C6H5ClN4S2. The highest BCUT2D eigenvalue weighted by atomic mass is 35.5. The zero-order chi connectivity index (χ0) is 10.1. The third-order valence-electron chi connectivity index (χ3n) is 0.752. The van der Waals surface area contributed by atoms with Gasteiger partial charge in [-0.15, -0.1) is 11.8 Å². The lowest BCUT2D eigenvalue weighted by molar-refractivity contribution is 1.26. The molecule has 13 heavy (non-hydrogen) atoms. The third-order valence-corrected chi connectivity index (χ3v) is 2.72. The molecule has 0 atom stereocenters. The van der Waals surface area contributed by atoms with Crippen molar-refractivity contribution in [3.63, 3.8) is 0 Å². The van der Waals surface area contributed by atoms with Crippen LogP contribution in [0.15, 0.2) is 5.03 Å². The smallest absolute Gasteiger partial charge is 0.181 e. The third kappa shape index (κ3) is 5.42. The van der Waals surface area contributed by atoms with Crippen LogP contribution >= 0.6 is 35.1 Å². The second-order valence-corrected chi connectivity index (χ2v) is 3.66. The number of hydrogen-bond acceptors (Lipinski definition) is 6. The van der Waals surface area contributed by atoms with Gasteiger partial charge in [-0.25, -0.2) is 0 Å². The number of nitriles is 2. The van der Waals surface area contributed by atoms with Gasteiger partial charge in [0.25, 0.3) is 0 Å². The van der Waals surface area contributed by atoms with Gasteiger partial charge in [0.2, 0.25) is 0 Å². The van der Waals surface area contributed by atoms with E-state index in [9.17, 15) is 0 Å². The number of rotatable bonds is 2. The predicted molar refractivity (Wildman–Crippen MR) is 52.5 cm³/mol. The van der Waals surface area contributed by atoms with Gasteiger partial charge in [0, 0.05) is 0 Å². The van der Waals surface area contributed by atoms with Crippen LogP contribution in [0.3, 0.4) is 0 Å². The Hall–Kier alpha value is -0.820. The first-order valence-corrected chi connectivity index (χ1v) is 5.24. The van der Waals surface area contributed by atoms with Crippen LogP contribution in [-0.2, 0) is 0 Å². The van der Waals surface area contributed by atoms with Gasteiger partial charge in [0.15, 0.2) is 17.3 Å². The van der Waals surface area contributed by atoms with E-state index in [-0.39, 0.29) is 0 Å². The van der Waals surface area contributed by atoms with Gasteiger partial charge in [-0.3, -0.25) is 0 Å². The van der Waals surface area contributed by atoms with E-state index in [4.69, 9.17) is 22.1 Å². The first-order valence-electron chi connectivity index (χ1n) is 3.15. The lowest BCUT2D eigenvalue weighted by atomic mass is 10.9. The zero-order valence-electron chi connectivity index (χ0n) is 6.69. The van der Waals surface area contributed by atoms with Crippen LogP contribution in [0, 0.1) is 22.7 Å². The Balaban J connectivity index is 0.000000310. The van der Waals surface area contributed by atoms with Crippen molar-refractivity contribution >= 4 is 35.1 Å². The summed E-state index contributed by atoms with van der Waals surface area (Å²) in [5.41, 5.74) is 0. The molecule has 1 heterocycles. The lowest BCUT2D eigenvalue weighted by Gasteiger charge is -1.86. The van der Waals surface area contributed by atoms with Crippen molar-refractivity contribution in [2.24, 2.45) is 0 Å². The number of hydrogen-bond donors (Lipinski definition) is 0.